The lowest BCUT2D eigenvalue weighted by atomic mass is 9.91. The van der Waals surface area contributed by atoms with Crippen LogP contribution in [0.4, 0.5) is 0 Å². The smallest absolute Gasteiger partial charge is 0.178 e. The summed E-state index contributed by atoms with van der Waals surface area (Å²) in [6.07, 6.45) is 4.98. The predicted octanol–water partition coefficient (Wildman–Crippen LogP) is 2.23. The van der Waals surface area contributed by atoms with Crippen LogP contribution in [-0.2, 0) is 5.41 Å². The summed E-state index contributed by atoms with van der Waals surface area (Å²) in [5.74, 6) is 0.635. The zero-order valence-electron chi connectivity index (χ0n) is 9.68. The van der Waals surface area contributed by atoms with Crippen molar-refractivity contribution in [2.24, 2.45) is 0 Å². The Labute approximate surface area is 94.8 Å². The number of rotatable bonds is 1. The van der Waals surface area contributed by atoms with E-state index in [-0.39, 0.29) is 5.41 Å². The molecule has 0 aliphatic heterocycles. The number of aromatic nitrogens is 4. The number of hydrogen-bond acceptors (Lipinski definition) is 4. The van der Waals surface area contributed by atoms with Crippen molar-refractivity contribution in [1.82, 2.24) is 19.9 Å². The zero-order valence-corrected chi connectivity index (χ0v) is 9.68. The molecule has 0 radical (unpaired) electrons. The molecule has 0 unspecified atom stereocenters. The molecule has 4 heteroatoms. The fourth-order valence-corrected chi connectivity index (χ4v) is 1.32. The molecule has 0 aliphatic carbocycles. The predicted molar refractivity (Wildman–Crippen MR) is 61.8 cm³/mol. The van der Waals surface area contributed by atoms with Crippen LogP contribution in [-0.4, -0.2) is 19.9 Å². The molecule has 82 valence electrons. The lowest BCUT2D eigenvalue weighted by Gasteiger charge is -2.17. The summed E-state index contributed by atoms with van der Waals surface area (Å²) >= 11 is 0. The van der Waals surface area contributed by atoms with Crippen LogP contribution >= 0.6 is 0 Å². The molecule has 0 spiro atoms. The first-order valence-electron chi connectivity index (χ1n) is 5.17. The highest BCUT2D eigenvalue weighted by atomic mass is 14.9. The summed E-state index contributed by atoms with van der Waals surface area (Å²) in [7, 11) is 0. The third kappa shape index (κ3) is 2.21. The monoisotopic (exact) mass is 214 g/mol. The molecule has 0 saturated carbocycles. The molecule has 0 saturated heterocycles. The van der Waals surface area contributed by atoms with E-state index in [9.17, 15) is 0 Å². The van der Waals surface area contributed by atoms with Gasteiger partial charge in [-0.2, -0.15) is 0 Å². The van der Waals surface area contributed by atoms with Crippen molar-refractivity contribution in [3.05, 3.63) is 36.5 Å². The van der Waals surface area contributed by atoms with Crippen molar-refractivity contribution in [3.63, 3.8) is 0 Å². The first kappa shape index (κ1) is 10.7. The average molecular weight is 214 g/mol. The maximum absolute atomic E-state index is 4.27. The summed E-state index contributed by atoms with van der Waals surface area (Å²) in [5, 5.41) is 0. The van der Waals surface area contributed by atoms with Crippen molar-refractivity contribution >= 4 is 0 Å². The lowest BCUT2D eigenvalue weighted by Crippen LogP contribution is -2.13. The highest BCUT2D eigenvalue weighted by molar-refractivity contribution is 5.48. The van der Waals surface area contributed by atoms with Crippen molar-refractivity contribution in [2.45, 2.75) is 26.2 Å². The minimum Gasteiger partial charge on any atom is -0.241 e. The fraction of sp³-hybridized carbons (Fsp3) is 0.333. The van der Waals surface area contributed by atoms with E-state index in [0.29, 0.717) is 5.82 Å². The molecule has 4 nitrogen and oxygen atoms in total. The van der Waals surface area contributed by atoms with E-state index in [0.717, 1.165) is 11.4 Å². The highest BCUT2D eigenvalue weighted by Crippen LogP contribution is 2.22. The Bertz CT molecular complexity index is 474. The Hall–Kier alpha value is -1.84. The summed E-state index contributed by atoms with van der Waals surface area (Å²) in [4.78, 5) is 16.8. The molecule has 0 aromatic carbocycles. The molecule has 0 amide bonds. The maximum atomic E-state index is 4.27. The second-order valence-corrected chi connectivity index (χ2v) is 4.61. The summed E-state index contributed by atoms with van der Waals surface area (Å²) in [6.45, 7) is 6.35. The molecule has 0 atom stereocenters. The zero-order chi connectivity index (χ0) is 11.6. The number of hydrogen-bond donors (Lipinski definition) is 0. The van der Waals surface area contributed by atoms with Crippen LogP contribution in [0, 0.1) is 0 Å². The number of nitrogens with zero attached hydrogens (tertiary/aromatic N) is 4. The Balaban J connectivity index is 2.45. The Morgan fingerprint density at radius 3 is 2.25 bits per heavy atom. The molecule has 0 bridgehead atoms. The van der Waals surface area contributed by atoms with Crippen LogP contribution < -0.4 is 0 Å². The van der Waals surface area contributed by atoms with E-state index in [4.69, 9.17) is 0 Å². The van der Waals surface area contributed by atoms with Crippen molar-refractivity contribution in [1.29, 1.82) is 0 Å². The van der Waals surface area contributed by atoms with Crippen LogP contribution in [0.2, 0.25) is 0 Å². The van der Waals surface area contributed by atoms with Gasteiger partial charge in [-0.1, -0.05) is 20.8 Å². The minimum atomic E-state index is 0.00642. The second-order valence-electron chi connectivity index (χ2n) is 4.61. The third-order valence-electron chi connectivity index (χ3n) is 2.23. The van der Waals surface area contributed by atoms with Gasteiger partial charge in [-0.3, -0.25) is 0 Å². The van der Waals surface area contributed by atoms with Crippen LogP contribution in [0.1, 0.15) is 26.5 Å². The minimum absolute atomic E-state index is 0.00642. The van der Waals surface area contributed by atoms with Gasteiger partial charge in [-0.05, 0) is 12.1 Å². The van der Waals surface area contributed by atoms with E-state index < -0.39 is 0 Å². The third-order valence-corrected chi connectivity index (χ3v) is 2.23. The van der Waals surface area contributed by atoms with Gasteiger partial charge < -0.3 is 0 Å². The van der Waals surface area contributed by atoms with Gasteiger partial charge in [-0.15, -0.1) is 0 Å². The summed E-state index contributed by atoms with van der Waals surface area (Å²) in [6, 6.07) is 3.73. The van der Waals surface area contributed by atoms with E-state index >= 15 is 0 Å². The molecule has 2 heterocycles. The van der Waals surface area contributed by atoms with Gasteiger partial charge in [0.1, 0.15) is 12.0 Å². The molecule has 0 fully saturated rings. The molecular formula is C12H14N4. The van der Waals surface area contributed by atoms with Crippen LogP contribution in [0.5, 0.6) is 0 Å². The molecule has 2 aromatic rings. The van der Waals surface area contributed by atoms with E-state index in [1.165, 1.54) is 0 Å². The largest absolute Gasteiger partial charge is 0.241 e. The van der Waals surface area contributed by atoms with Crippen LogP contribution in [0.15, 0.2) is 30.9 Å². The topological polar surface area (TPSA) is 51.6 Å². The second kappa shape index (κ2) is 3.96. The van der Waals surface area contributed by atoms with Crippen molar-refractivity contribution < 1.29 is 0 Å². The Morgan fingerprint density at radius 1 is 0.938 bits per heavy atom. The van der Waals surface area contributed by atoms with Gasteiger partial charge in [0.05, 0.1) is 0 Å². The van der Waals surface area contributed by atoms with Gasteiger partial charge in [-0.25, -0.2) is 19.9 Å². The van der Waals surface area contributed by atoms with Gasteiger partial charge in [0.25, 0.3) is 0 Å². The first-order chi connectivity index (χ1) is 7.57. The van der Waals surface area contributed by atoms with Gasteiger partial charge >= 0.3 is 0 Å². The Kier molecular flexibility index (Phi) is 2.64. The van der Waals surface area contributed by atoms with E-state index in [1.54, 1.807) is 24.8 Å². The molecule has 0 N–H and O–H groups in total. The van der Waals surface area contributed by atoms with Gasteiger partial charge in [0.15, 0.2) is 5.82 Å². The van der Waals surface area contributed by atoms with Crippen LogP contribution in [0.3, 0.4) is 0 Å². The first-order valence-corrected chi connectivity index (χ1v) is 5.17. The quantitative estimate of drug-likeness (QED) is 0.730. The molecule has 2 rings (SSSR count). The molecule has 0 aliphatic rings. The summed E-state index contributed by atoms with van der Waals surface area (Å²) in [5.41, 5.74) is 1.76. The lowest BCUT2D eigenvalue weighted by molar-refractivity contribution is 0.567. The van der Waals surface area contributed by atoms with Gasteiger partial charge in [0.2, 0.25) is 0 Å². The maximum Gasteiger partial charge on any atom is 0.178 e. The SMILES string of the molecule is CC(C)(C)c1cc(-c2ncccn2)ncn1. The Morgan fingerprint density at radius 2 is 1.62 bits per heavy atom. The molecule has 16 heavy (non-hydrogen) atoms. The van der Waals surface area contributed by atoms with E-state index in [1.807, 2.05) is 6.07 Å². The standard InChI is InChI=1S/C12H14N4/c1-12(2,3)10-7-9(15-8-16-10)11-13-5-4-6-14-11/h4-8H,1-3H3. The molecular weight excluding hydrogens is 200 g/mol. The summed E-state index contributed by atoms with van der Waals surface area (Å²) < 4.78 is 0. The van der Waals surface area contributed by atoms with Crippen LogP contribution in [0.25, 0.3) is 11.5 Å². The van der Waals surface area contributed by atoms with Crippen molar-refractivity contribution in [2.75, 3.05) is 0 Å². The van der Waals surface area contributed by atoms with Gasteiger partial charge in [0, 0.05) is 23.5 Å². The van der Waals surface area contributed by atoms with E-state index in [2.05, 4.69) is 40.7 Å². The normalized spacial score (nSPS) is 11.4. The highest BCUT2D eigenvalue weighted by Gasteiger charge is 2.16. The average Bonchev–Trinajstić information content (AvgIpc) is 2.29. The fourth-order valence-electron chi connectivity index (χ4n) is 1.32. The molecule has 2 aromatic heterocycles. The van der Waals surface area contributed by atoms with Crippen molar-refractivity contribution in [3.8, 4) is 11.5 Å².